The molecule has 4 unspecified atom stereocenters. The van der Waals surface area contributed by atoms with Gasteiger partial charge < -0.3 is 18.9 Å². The van der Waals surface area contributed by atoms with E-state index in [0.29, 0.717) is 0 Å². The van der Waals surface area contributed by atoms with E-state index in [-0.39, 0.29) is 0 Å². The Balaban J connectivity index is 2.31. The summed E-state index contributed by atoms with van der Waals surface area (Å²) in [5, 5.41) is 0. The zero-order valence-corrected chi connectivity index (χ0v) is 14.6. The predicted molar refractivity (Wildman–Crippen MR) is 74.5 cm³/mol. The average Bonchev–Trinajstić information content (AvgIpc) is 3.20. The van der Waals surface area contributed by atoms with Crippen molar-refractivity contribution in [2.75, 3.05) is 28.4 Å². The van der Waals surface area contributed by atoms with E-state index in [9.17, 15) is 19.2 Å². The van der Waals surface area contributed by atoms with Gasteiger partial charge in [0.25, 0.3) is 0 Å². The minimum Gasteiger partial charge on any atom is -0.467 e. The lowest BCUT2D eigenvalue weighted by molar-refractivity contribution is -0.160. The van der Waals surface area contributed by atoms with Crippen LogP contribution in [0.3, 0.4) is 0 Å². The molecular weight excluding hydrogens is 367 g/mol. The summed E-state index contributed by atoms with van der Waals surface area (Å²) in [5.74, 6) is -3.85. The molecule has 0 aromatic carbocycles. The fraction of sp³-hybridized carbons (Fsp3) is 0.667. The summed E-state index contributed by atoms with van der Waals surface area (Å²) in [4.78, 5) is 47.3. The maximum Gasteiger partial charge on any atom is 0.579 e. The van der Waals surface area contributed by atoms with E-state index in [0.717, 1.165) is 28.4 Å². The van der Waals surface area contributed by atoms with Crippen LogP contribution in [-0.4, -0.2) is 76.7 Å². The fourth-order valence-electron chi connectivity index (χ4n) is 2.06. The molecule has 2 heterocycles. The van der Waals surface area contributed by atoms with Crippen LogP contribution >= 0.6 is 8.17 Å². The van der Waals surface area contributed by atoms with Gasteiger partial charge in [0.15, 0.2) is 0 Å². The van der Waals surface area contributed by atoms with Crippen molar-refractivity contribution in [1.29, 1.82) is 0 Å². The van der Waals surface area contributed by atoms with Crippen molar-refractivity contribution < 1.29 is 56.2 Å². The van der Waals surface area contributed by atoms with E-state index in [1.165, 1.54) is 0 Å². The topological polar surface area (TPSA) is 142 Å². The number of ether oxygens (including phenoxy) is 4. The van der Waals surface area contributed by atoms with E-state index < -0.39 is 56.5 Å². The van der Waals surface area contributed by atoms with Crippen LogP contribution in [-0.2, 0) is 56.2 Å². The quantitative estimate of drug-likeness (QED) is 0.331. The van der Waals surface area contributed by atoms with Crippen LogP contribution < -0.4 is 0 Å². The van der Waals surface area contributed by atoms with Crippen molar-refractivity contribution in [2.24, 2.45) is 0 Å². The van der Waals surface area contributed by atoms with Gasteiger partial charge in [-0.25, -0.2) is 19.2 Å². The van der Waals surface area contributed by atoms with Gasteiger partial charge in [-0.3, -0.25) is 0 Å². The molecule has 4 atom stereocenters. The normalized spacial score (nSPS) is 33.8. The Morgan fingerprint density at radius 3 is 0.920 bits per heavy atom. The smallest absolute Gasteiger partial charge is 0.467 e. The lowest BCUT2D eigenvalue weighted by Crippen LogP contribution is -2.38. The average molecular weight is 383 g/mol. The molecule has 2 aliphatic heterocycles. The highest BCUT2D eigenvalue weighted by atomic mass is 31.2. The van der Waals surface area contributed by atoms with Crippen molar-refractivity contribution in [3.63, 3.8) is 0 Å². The van der Waals surface area contributed by atoms with Crippen LogP contribution in [0.15, 0.2) is 0 Å². The van der Waals surface area contributed by atoms with Crippen LogP contribution in [0.2, 0.25) is 0 Å². The van der Waals surface area contributed by atoms with Gasteiger partial charge in [0.2, 0.25) is 24.4 Å². The largest absolute Gasteiger partial charge is 0.579 e. The molecule has 0 amide bonds. The summed E-state index contributed by atoms with van der Waals surface area (Å²) in [7, 11) is 0.362. The van der Waals surface area contributed by atoms with E-state index in [1.54, 1.807) is 0 Å². The molecule has 2 saturated heterocycles. The molecule has 0 aromatic rings. The summed E-state index contributed by atoms with van der Waals surface area (Å²) in [6.07, 6.45) is -6.28. The first-order valence-corrected chi connectivity index (χ1v) is 8.22. The molecule has 1 spiro atoms. The zero-order valence-electron chi connectivity index (χ0n) is 13.7. The number of hydrogen-bond acceptors (Lipinski definition) is 12. The second kappa shape index (κ2) is 7.58. The third kappa shape index (κ3) is 3.58. The Labute approximate surface area is 142 Å². The first-order chi connectivity index (χ1) is 11.8. The maximum absolute atomic E-state index is 11.8. The highest BCUT2D eigenvalue weighted by molar-refractivity contribution is 7.57. The number of rotatable bonds is 4. The summed E-state index contributed by atoms with van der Waals surface area (Å²) < 4.78 is 39.3. The van der Waals surface area contributed by atoms with Crippen molar-refractivity contribution in [2.45, 2.75) is 24.4 Å². The summed E-state index contributed by atoms with van der Waals surface area (Å²) in [6, 6.07) is 0. The van der Waals surface area contributed by atoms with Gasteiger partial charge in [0.05, 0.1) is 28.4 Å². The molecule has 0 aliphatic carbocycles. The highest BCUT2D eigenvalue weighted by Crippen LogP contribution is 2.74. The summed E-state index contributed by atoms with van der Waals surface area (Å²) in [5.41, 5.74) is 0. The third-order valence-corrected chi connectivity index (χ3v) is 5.20. The molecule has 0 N–H and O–H groups in total. The van der Waals surface area contributed by atoms with Gasteiger partial charge in [0, 0.05) is 0 Å². The molecule has 12 nitrogen and oxygen atoms in total. The molecule has 0 bridgehead atoms. The number of carbonyl (C=O) groups is 4. The lowest BCUT2D eigenvalue weighted by Gasteiger charge is -2.07. The van der Waals surface area contributed by atoms with E-state index in [2.05, 4.69) is 18.9 Å². The van der Waals surface area contributed by atoms with Crippen LogP contribution in [0.4, 0.5) is 0 Å². The number of methoxy groups -OCH3 is 4. The Morgan fingerprint density at radius 1 is 0.560 bits per heavy atom. The molecule has 0 saturated carbocycles. The van der Waals surface area contributed by atoms with Crippen LogP contribution in [0.25, 0.3) is 0 Å². The van der Waals surface area contributed by atoms with E-state index >= 15 is 0 Å². The van der Waals surface area contributed by atoms with Crippen molar-refractivity contribution in [3.8, 4) is 0 Å². The first-order valence-electron chi connectivity index (χ1n) is 6.76. The molecule has 13 heteroatoms. The van der Waals surface area contributed by atoms with Gasteiger partial charge >= 0.3 is 32.0 Å². The van der Waals surface area contributed by atoms with Gasteiger partial charge in [-0.1, -0.05) is 0 Å². The molecule has 2 fully saturated rings. The minimum absolute atomic E-state index is 0.962. The fourth-order valence-corrected chi connectivity index (χ4v) is 4.25. The molecule has 2 rings (SSSR count). The summed E-state index contributed by atoms with van der Waals surface area (Å²) in [6.45, 7) is 0. The Morgan fingerprint density at radius 2 is 0.760 bits per heavy atom. The van der Waals surface area contributed by atoms with Crippen LogP contribution in [0.5, 0.6) is 0 Å². The summed E-state index contributed by atoms with van der Waals surface area (Å²) >= 11 is 0. The number of hydrogen-bond donors (Lipinski definition) is 0. The van der Waals surface area contributed by atoms with Crippen LogP contribution in [0.1, 0.15) is 0 Å². The molecular formula is C12H16O12P+. The van der Waals surface area contributed by atoms with Gasteiger partial charge in [-0.2, -0.15) is 0 Å². The van der Waals surface area contributed by atoms with Crippen molar-refractivity contribution in [1.82, 2.24) is 0 Å². The Kier molecular flexibility index (Phi) is 5.91. The molecule has 0 aromatic heterocycles. The monoisotopic (exact) mass is 383 g/mol. The first kappa shape index (κ1) is 19.5. The van der Waals surface area contributed by atoms with E-state index in [4.69, 9.17) is 18.1 Å². The molecule has 0 radical (unpaired) electrons. The molecule has 25 heavy (non-hydrogen) atoms. The van der Waals surface area contributed by atoms with Crippen molar-refractivity contribution in [3.05, 3.63) is 0 Å². The maximum atomic E-state index is 11.8. The third-order valence-electron chi connectivity index (χ3n) is 3.25. The van der Waals surface area contributed by atoms with Gasteiger partial charge in [-0.15, -0.1) is 18.1 Å². The molecule has 140 valence electrons. The van der Waals surface area contributed by atoms with Gasteiger partial charge in [-0.05, 0) is 0 Å². The van der Waals surface area contributed by atoms with Crippen molar-refractivity contribution >= 4 is 32.0 Å². The van der Waals surface area contributed by atoms with E-state index in [1.807, 2.05) is 0 Å². The lowest BCUT2D eigenvalue weighted by atomic mass is 10.2. The second-order valence-electron chi connectivity index (χ2n) is 4.64. The van der Waals surface area contributed by atoms with Gasteiger partial charge in [0.1, 0.15) is 0 Å². The standard InChI is InChI=1S/C12H16O12P/c1-17-9(13)5-6(10(14)18-2)22-25(21-5)23-7(11(15)19-3)8(24-25)12(16)20-4/h5-8H,1-4H3/q+1. The zero-order chi connectivity index (χ0) is 18.8. The Bertz CT molecular complexity index is 475. The number of esters is 4. The minimum atomic E-state index is -3.89. The Hall–Kier alpha value is -1.85. The molecule has 2 aliphatic rings. The second-order valence-corrected chi connectivity index (χ2v) is 6.38. The highest BCUT2D eigenvalue weighted by Gasteiger charge is 2.76. The van der Waals surface area contributed by atoms with Crippen LogP contribution in [0, 0.1) is 0 Å². The SMILES string of the molecule is COC(=O)C1O[P+]2(OC1C(=O)OC)OC(C(=O)OC)C(C(=O)OC)O2. The predicted octanol–water partition coefficient (Wildman–Crippen LogP) is -1.08. The number of carbonyl (C=O) groups excluding carboxylic acids is 4.